The van der Waals surface area contributed by atoms with Crippen LogP contribution in [0.25, 0.3) is 0 Å². The molecule has 1 aliphatic carbocycles. The van der Waals surface area contributed by atoms with Gasteiger partial charge >= 0.3 is 0 Å². The summed E-state index contributed by atoms with van der Waals surface area (Å²) < 4.78 is 26.3. The first kappa shape index (κ1) is 13.3. The van der Waals surface area contributed by atoms with E-state index >= 15 is 0 Å². The molecule has 1 heterocycles. The largest absolute Gasteiger partial charge is 0.330 e. The third-order valence-electron chi connectivity index (χ3n) is 3.81. The van der Waals surface area contributed by atoms with E-state index in [1.54, 1.807) is 12.4 Å². The molecule has 1 aromatic rings. The predicted octanol–water partition coefficient (Wildman–Crippen LogP) is 2.65. The molecule has 0 spiro atoms. The zero-order valence-corrected chi connectivity index (χ0v) is 10.6. The van der Waals surface area contributed by atoms with Crippen molar-refractivity contribution in [2.24, 2.45) is 11.7 Å². The molecule has 3 nitrogen and oxygen atoms in total. The van der Waals surface area contributed by atoms with Crippen molar-refractivity contribution in [3.63, 3.8) is 0 Å². The van der Waals surface area contributed by atoms with E-state index in [4.69, 9.17) is 5.73 Å². The fraction of sp³-hybridized carbons (Fsp3) is 0.692. The number of hydrogen-bond donors (Lipinski definition) is 1. The number of rotatable bonds is 3. The average molecular weight is 255 g/mol. The third kappa shape index (κ3) is 3.02. The Morgan fingerprint density at radius 1 is 1.33 bits per heavy atom. The van der Waals surface area contributed by atoms with Crippen molar-refractivity contribution < 1.29 is 8.78 Å². The minimum absolute atomic E-state index is 0.0269. The highest BCUT2D eigenvalue weighted by atomic mass is 19.3. The maximum absolute atomic E-state index is 13.1. The van der Waals surface area contributed by atoms with Crippen LogP contribution in [0.15, 0.2) is 12.4 Å². The lowest BCUT2D eigenvalue weighted by Gasteiger charge is -2.33. The van der Waals surface area contributed by atoms with E-state index < -0.39 is 5.92 Å². The van der Waals surface area contributed by atoms with Crippen molar-refractivity contribution in [1.82, 2.24) is 9.97 Å². The Morgan fingerprint density at radius 2 is 1.89 bits per heavy atom. The van der Waals surface area contributed by atoms with Gasteiger partial charge in [0.15, 0.2) is 0 Å². The molecule has 0 aliphatic heterocycles. The van der Waals surface area contributed by atoms with Gasteiger partial charge in [-0.2, -0.15) is 0 Å². The van der Waals surface area contributed by atoms with Crippen molar-refractivity contribution in [1.29, 1.82) is 0 Å². The Bertz CT molecular complexity index is 382. The van der Waals surface area contributed by atoms with Gasteiger partial charge in [-0.1, -0.05) is 0 Å². The van der Waals surface area contributed by atoms with Crippen LogP contribution in [0.5, 0.6) is 0 Å². The van der Waals surface area contributed by atoms with Crippen molar-refractivity contribution in [3.05, 3.63) is 23.8 Å². The first-order valence-electron chi connectivity index (χ1n) is 6.38. The lowest BCUT2D eigenvalue weighted by molar-refractivity contribution is -0.0482. The summed E-state index contributed by atoms with van der Waals surface area (Å²) in [6.45, 7) is 2.28. The van der Waals surface area contributed by atoms with Gasteiger partial charge in [0.2, 0.25) is 5.92 Å². The van der Waals surface area contributed by atoms with Gasteiger partial charge < -0.3 is 5.73 Å². The van der Waals surface area contributed by atoms with Gasteiger partial charge in [-0.25, -0.2) is 18.7 Å². The lowest BCUT2D eigenvalue weighted by atomic mass is 9.76. The molecule has 0 amide bonds. The molecule has 1 atom stereocenters. The zero-order chi connectivity index (χ0) is 13.2. The molecule has 2 rings (SSSR count). The van der Waals surface area contributed by atoms with Gasteiger partial charge in [-0.15, -0.1) is 0 Å². The fourth-order valence-electron chi connectivity index (χ4n) is 2.66. The maximum atomic E-state index is 13.1. The molecular formula is C13H19F2N3. The van der Waals surface area contributed by atoms with E-state index in [2.05, 4.69) is 9.97 Å². The van der Waals surface area contributed by atoms with Crippen LogP contribution in [0.1, 0.15) is 43.0 Å². The maximum Gasteiger partial charge on any atom is 0.248 e. The highest BCUT2D eigenvalue weighted by Crippen LogP contribution is 2.41. The summed E-state index contributed by atoms with van der Waals surface area (Å²) in [7, 11) is 0. The molecule has 2 N–H and O–H groups in total. The number of alkyl halides is 2. The Morgan fingerprint density at radius 3 is 2.39 bits per heavy atom. The molecule has 18 heavy (non-hydrogen) atoms. The van der Waals surface area contributed by atoms with E-state index in [-0.39, 0.29) is 24.7 Å². The summed E-state index contributed by atoms with van der Waals surface area (Å²) in [5.74, 6) is -1.45. The molecule has 0 radical (unpaired) electrons. The van der Waals surface area contributed by atoms with Crippen LogP contribution >= 0.6 is 0 Å². The van der Waals surface area contributed by atoms with E-state index in [9.17, 15) is 8.78 Å². The van der Waals surface area contributed by atoms with E-state index in [1.807, 2.05) is 6.92 Å². The number of halogens is 2. The molecule has 5 heteroatoms. The summed E-state index contributed by atoms with van der Waals surface area (Å²) in [6, 6.07) is 0. The van der Waals surface area contributed by atoms with Crippen LogP contribution < -0.4 is 5.73 Å². The third-order valence-corrected chi connectivity index (χ3v) is 3.81. The number of nitrogens with two attached hydrogens (primary N) is 1. The van der Waals surface area contributed by atoms with Crippen LogP contribution in [0.2, 0.25) is 0 Å². The number of nitrogens with zero attached hydrogens (tertiary/aromatic N) is 2. The Labute approximate surface area is 106 Å². The van der Waals surface area contributed by atoms with Crippen molar-refractivity contribution in [3.8, 4) is 0 Å². The second kappa shape index (κ2) is 5.26. The van der Waals surface area contributed by atoms with Gasteiger partial charge in [0.1, 0.15) is 5.82 Å². The molecule has 100 valence electrons. The number of aromatic nitrogens is 2. The highest BCUT2D eigenvalue weighted by Gasteiger charge is 2.37. The summed E-state index contributed by atoms with van der Waals surface area (Å²) in [5, 5.41) is 0. The van der Waals surface area contributed by atoms with Crippen LogP contribution in [0.3, 0.4) is 0 Å². The second-order valence-electron chi connectivity index (χ2n) is 5.10. The summed E-state index contributed by atoms with van der Waals surface area (Å²) >= 11 is 0. The van der Waals surface area contributed by atoms with Gasteiger partial charge in [0.25, 0.3) is 0 Å². The van der Waals surface area contributed by atoms with Gasteiger partial charge in [0.05, 0.1) is 0 Å². The van der Waals surface area contributed by atoms with E-state index in [1.165, 1.54) is 0 Å². The highest BCUT2D eigenvalue weighted by molar-refractivity contribution is 5.14. The summed E-state index contributed by atoms with van der Waals surface area (Å²) in [6.07, 6.45) is 4.55. The quantitative estimate of drug-likeness (QED) is 0.903. The van der Waals surface area contributed by atoms with Gasteiger partial charge in [-0.05, 0) is 37.8 Å². The predicted molar refractivity (Wildman–Crippen MR) is 65.5 cm³/mol. The van der Waals surface area contributed by atoms with Crippen LogP contribution in [-0.4, -0.2) is 22.4 Å². The topological polar surface area (TPSA) is 51.8 Å². The minimum atomic E-state index is -2.49. The summed E-state index contributed by atoms with van der Waals surface area (Å²) in [5.41, 5.74) is 6.77. The molecule has 1 aliphatic rings. The zero-order valence-electron chi connectivity index (χ0n) is 10.6. The number of aryl methyl sites for hydroxylation is 1. The van der Waals surface area contributed by atoms with Gasteiger partial charge in [0, 0.05) is 31.2 Å². The van der Waals surface area contributed by atoms with Crippen molar-refractivity contribution >= 4 is 0 Å². The van der Waals surface area contributed by atoms with E-state index in [0.29, 0.717) is 25.2 Å². The van der Waals surface area contributed by atoms with Crippen LogP contribution in [0, 0.1) is 12.8 Å². The molecule has 0 aromatic carbocycles. The molecule has 1 fully saturated rings. The number of hydrogen-bond acceptors (Lipinski definition) is 3. The molecule has 0 saturated heterocycles. The Kier molecular flexibility index (Phi) is 3.90. The Balaban J connectivity index is 2.08. The molecule has 1 unspecified atom stereocenters. The average Bonchev–Trinajstić information content (AvgIpc) is 2.34. The summed E-state index contributed by atoms with van der Waals surface area (Å²) in [4.78, 5) is 8.31. The van der Waals surface area contributed by atoms with Crippen molar-refractivity contribution in [2.45, 2.75) is 44.4 Å². The normalized spacial score (nSPS) is 21.8. The van der Waals surface area contributed by atoms with Crippen LogP contribution in [0.4, 0.5) is 8.78 Å². The molecule has 1 saturated carbocycles. The van der Waals surface area contributed by atoms with Crippen molar-refractivity contribution in [2.75, 3.05) is 6.54 Å². The van der Waals surface area contributed by atoms with Gasteiger partial charge in [-0.3, -0.25) is 0 Å². The second-order valence-corrected chi connectivity index (χ2v) is 5.10. The minimum Gasteiger partial charge on any atom is -0.330 e. The van der Waals surface area contributed by atoms with Crippen LogP contribution in [-0.2, 0) is 0 Å². The lowest BCUT2D eigenvalue weighted by Crippen LogP contribution is -2.30. The first-order chi connectivity index (χ1) is 8.52. The first-order valence-corrected chi connectivity index (χ1v) is 6.38. The fourth-order valence-corrected chi connectivity index (χ4v) is 2.66. The molecular weight excluding hydrogens is 236 g/mol. The SMILES string of the molecule is Cc1ncc(C(CN)C2CCC(F)(F)CC2)cn1. The standard InChI is InChI=1S/C13H19F2N3/c1-9-17-7-11(8-18-9)12(6-16)10-2-4-13(14,15)5-3-10/h7-8,10,12H,2-6,16H2,1H3. The van der Waals surface area contributed by atoms with E-state index in [0.717, 1.165) is 5.56 Å². The smallest absolute Gasteiger partial charge is 0.248 e. The monoisotopic (exact) mass is 255 g/mol. The molecule has 1 aromatic heterocycles. The Hall–Kier alpha value is -1.10. The molecule has 0 bridgehead atoms.